The van der Waals surface area contributed by atoms with E-state index >= 15 is 0 Å². The van der Waals surface area contributed by atoms with Gasteiger partial charge in [0.1, 0.15) is 0 Å². The van der Waals surface area contributed by atoms with Gasteiger partial charge in [-0.1, -0.05) is 12.1 Å². The summed E-state index contributed by atoms with van der Waals surface area (Å²) in [4.78, 5) is 26.0. The first-order chi connectivity index (χ1) is 10.7. The summed E-state index contributed by atoms with van der Waals surface area (Å²) in [6.07, 6.45) is 4.15. The van der Waals surface area contributed by atoms with Crippen LogP contribution in [0, 0.1) is 5.92 Å². The highest BCUT2D eigenvalue weighted by Gasteiger charge is 2.24. The molecule has 0 spiro atoms. The van der Waals surface area contributed by atoms with Crippen LogP contribution in [-0.4, -0.2) is 31.4 Å². The number of rotatable bonds is 4. The number of hydrogen-bond donors (Lipinski definition) is 2. The average molecular weight is 338 g/mol. The van der Waals surface area contributed by atoms with Crippen molar-refractivity contribution in [3.05, 3.63) is 24.3 Å². The standard InChI is InChI=1S/C17H23N3O2.ClH/c21-16(12-13-7-9-18-10-8-13)19-14-4-1-2-5-15(14)20-11-3-6-17(20)22;/h1-2,4-5,13,18H,3,6-12H2,(H,19,21);1H. The second-order valence-corrected chi connectivity index (χ2v) is 6.11. The highest BCUT2D eigenvalue weighted by Crippen LogP contribution is 2.29. The molecule has 0 bridgehead atoms. The maximum absolute atomic E-state index is 12.3. The zero-order chi connectivity index (χ0) is 15.4. The van der Waals surface area contributed by atoms with E-state index in [1.54, 1.807) is 4.90 Å². The fourth-order valence-electron chi connectivity index (χ4n) is 3.27. The normalized spacial score (nSPS) is 18.6. The summed E-state index contributed by atoms with van der Waals surface area (Å²) in [6, 6.07) is 7.58. The van der Waals surface area contributed by atoms with Crippen LogP contribution in [-0.2, 0) is 9.59 Å². The van der Waals surface area contributed by atoms with Crippen LogP contribution < -0.4 is 15.5 Å². The minimum Gasteiger partial charge on any atom is -0.324 e. The molecule has 0 aromatic heterocycles. The van der Waals surface area contributed by atoms with Gasteiger partial charge in [-0.3, -0.25) is 9.59 Å². The SMILES string of the molecule is Cl.O=C(CC1CCNCC1)Nc1ccccc1N1CCCC1=O. The first kappa shape index (κ1) is 17.8. The lowest BCUT2D eigenvalue weighted by molar-refractivity contribution is -0.118. The fraction of sp³-hybridized carbons (Fsp3) is 0.529. The van der Waals surface area contributed by atoms with Crippen molar-refractivity contribution in [3.63, 3.8) is 0 Å². The van der Waals surface area contributed by atoms with E-state index in [0.29, 0.717) is 18.8 Å². The molecule has 1 aromatic rings. The van der Waals surface area contributed by atoms with E-state index in [1.807, 2.05) is 24.3 Å². The third-order valence-corrected chi connectivity index (χ3v) is 4.48. The molecule has 126 valence electrons. The molecule has 2 saturated heterocycles. The highest BCUT2D eigenvalue weighted by atomic mass is 35.5. The van der Waals surface area contributed by atoms with Crippen molar-refractivity contribution < 1.29 is 9.59 Å². The number of anilines is 2. The molecule has 0 saturated carbocycles. The molecular formula is C17H24ClN3O2. The van der Waals surface area contributed by atoms with Crippen molar-refractivity contribution in [2.45, 2.75) is 32.1 Å². The van der Waals surface area contributed by atoms with E-state index in [2.05, 4.69) is 10.6 Å². The molecule has 5 nitrogen and oxygen atoms in total. The molecule has 2 fully saturated rings. The van der Waals surface area contributed by atoms with Gasteiger partial charge in [0.05, 0.1) is 11.4 Å². The van der Waals surface area contributed by atoms with Gasteiger partial charge in [-0.25, -0.2) is 0 Å². The fourth-order valence-corrected chi connectivity index (χ4v) is 3.27. The Balaban J connectivity index is 0.00000192. The number of halogens is 1. The zero-order valence-electron chi connectivity index (χ0n) is 13.2. The number of carbonyl (C=O) groups excluding carboxylic acids is 2. The van der Waals surface area contributed by atoms with Crippen LogP contribution >= 0.6 is 12.4 Å². The van der Waals surface area contributed by atoms with Crippen molar-refractivity contribution in [2.24, 2.45) is 5.92 Å². The maximum atomic E-state index is 12.3. The minimum atomic E-state index is 0. The van der Waals surface area contributed by atoms with E-state index in [1.165, 1.54) is 0 Å². The van der Waals surface area contributed by atoms with E-state index in [-0.39, 0.29) is 24.2 Å². The zero-order valence-corrected chi connectivity index (χ0v) is 14.0. The van der Waals surface area contributed by atoms with Gasteiger partial charge < -0.3 is 15.5 Å². The monoisotopic (exact) mass is 337 g/mol. The molecule has 6 heteroatoms. The van der Waals surface area contributed by atoms with E-state index in [0.717, 1.165) is 50.3 Å². The summed E-state index contributed by atoms with van der Waals surface area (Å²) < 4.78 is 0. The third-order valence-electron chi connectivity index (χ3n) is 4.48. The molecule has 0 aliphatic carbocycles. The van der Waals surface area contributed by atoms with Crippen LogP contribution in [0.2, 0.25) is 0 Å². The van der Waals surface area contributed by atoms with E-state index < -0.39 is 0 Å². The Bertz CT molecular complexity index is 559. The smallest absolute Gasteiger partial charge is 0.227 e. The molecule has 2 amide bonds. The third kappa shape index (κ3) is 4.45. The average Bonchev–Trinajstić information content (AvgIpc) is 2.95. The van der Waals surface area contributed by atoms with E-state index in [4.69, 9.17) is 0 Å². The molecular weight excluding hydrogens is 314 g/mol. The number of piperidine rings is 1. The van der Waals surface area contributed by atoms with Gasteiger partial charge in [0.2, 0.25) is 11.8 Å². The number of nitrogens with one attached hydrogen (secondary N) is 2. The van der Waals surface area contributed by atoms with Gasteiger partial charge in [-0.05, 0) is 50.4 Å². The Hall–Kier alpha value is -1.59. The summed E-state index contributed by atoms with van der Waals surface area (Å²) in [5.74, 6) is 0.646. The number of carbonyl (C=O) groups is 2. The number of hydrogen-bond acceptors (Lipinski definition) is 3. The molecule has 0 unspecified atom stereocenters. The molecule has 0 atom stereocenters. The predicted molar refractivity (Wildman–Crippen MR) is 94.1 cm³/mol. The predicted octanol–water partition coefficient (Wildman–Crippen LogP) is 2.56. The second kappa shape index (κ2) is 8.31. The van der Waals surface area contributed by atoms with Crippen LogP contribution in [0.1, 0.15) is 32.1 Å². The van der Waals surface area contributed by atoms with Crippen LogP contribution in [0.3, 0.4) is 0 Å². The molecule has 2 N–H and O–H groups in total. The van der Waals surface area contributed by atoms with E-state index in [9.17, 15) is 9.59 Å². The molecule has 23 heavy (non-hydrogen) atoms. The van der Waals surface area contributed by atoms with Crippen molar-refractivity contribution in [1.82, 2.24) is 5.32 Å². The Morgan fingerprint density at radius 1 is 1.26 bits per heavy atom. The Labute approximate surface area is 143 Å². The minimum absolute atomic E-state index is 0. The highest BCUT2D eigenvalue weighted by molar-refractivity contribution is 6.02. The van der Waals surface area contributed by atoms with Crippen molar-refractivity contribution in [3.8, 4) is 0 Å². The van der Waals surface area contributed by atoms with Crippen molar-refractivity contribution >= 4 is 35.6 Å². The van der Waals surface area contributed by atoms with Gasteiger partial charge >= 0.3 is 0 Å². The number of benzene rings is 1. The summed E-state index contributed by atoms with van der Waals surface area (Å²) in [6.45, 7) is 2.73. The van der Waals surface area contributed by atoms with Crippen LogP contribution in [0.15, 0.2) is 24.3 Å². The molecule has 0 radical (unpaired) electrons. The van der Waals surface area contributed by atoms with Crippen LogP contribution in [0.25, 0.3) is 0 Å². The molecule has 3 rings (SSSR count). The first-order valence-electron chi connectivity index (χ1n) is 8.14. The largest absolute Gasteiger partial charge is 0.324 e. The number of para-hydroxylation sites is 2. The van der Waals surface area contributed by atoms with Crippen molar-refractivity contribution in [2.75, 3.05) is 29.9 Å². The van der Waals surface area contributed by atoms with Crippen LogP contribution in [0.5, 0.6) is 0 Å². The Morgan fingerprint density at radius 3 is 2.70 bits per heavy atom. The summed E-state index contributed by atoms with van der Waals surface area (Å²) in [5, 5.41) is 6.31. The summed E-state index contributed by atoms with van der Waals surface area (Å²) in [5.41, 5.74) is 1.57. The van der Waals surface area contributed by atoms with Gasteiger partial charge in [0, 0.05) is 19.4 Å². The Kier molecular flexibility index (Phi) is 6.42. The number of nitrogens with zero attached hydrogens (tertiary/aromatic N) is 1. The van der Waals surface area contributed by atoms with Gasteiger partial charge in [-0.2, -0.15) is 0 Å². The Morgan fingerprint density at radius 2 is 2.00 bits per heavy atom. The summed E-state index contributed by atoms with van der Waals surface area (Å²) >= 11 is 0. The molecule has 1 aromatic carbocycles. The van der Waals surface area contributed by atoms with Gasteiger partial charge in [-0.15, -0.1) is 12.4 Å². The molecule has 2 aliphatic rings. The van der Waals surface area contributed by atoms with Crippen molar-refractivity contribution in [1.29, 1.82) is 0 Å². The molecule has 2 aliphatic heterocycles. The lowest BCUT2D eigenvalue weighted by Gasteiger charge is -2.23. The lowest BCUT2D eigenvalue weighted by Crippen LogP contribution is -2.30. The molecule has 2 heterocycles. The second-order valence-electron chi connectivity index (χ2n) is 6.11. The maximum Gasteiger partial charge on any atom is 0.227 e. The topological polar surface area (TPSA) is 61.4 Å². The van der Waals surface area contributed by atoms with Gasteiger partial charge in [0.15, 0.2) is 0 Å². The summed E-state index contributed by atoms with van der Waals surface area (Å²) in [7, 11) is 0. The number of amides is 2. The van der Waals surface area contributed by atoms with Crippen LogP contribution in [0.4, 0.5) is 11.4 Å². The lowest BCUT2D eigenvalue weighted by atomic mass is 9.94. The quantitative estimate of drug-likeness (QED) is 0.887. The van der Waals surface area contributed by atoms with Gasteiger partial charge in [0.25, 0.3) is 0 Å². The first-order valence-corrected chi connectivity index (χ1v) is 8.14.